The molecule has 20 heavy (non-hydrogen) atoms. The predicted octanol–water partition coefficient (Wildman–Crippen LogP) is 1.56. The Kier molecular flexibility index (Phi) is 7.50. The Labute approximate surface area is 120 Å². The van der Waals surface area contributed by atoms with Gasteiger partial charge < -0.3 is 20.9 Å². The van der Waals surface area contributed by atoms with Crippen molar-refractivity contribution in [3.63, 3.8) is 0 Å². The molecule has 5 nitrogen and oxygen atoms in total. The highest BCUT2D eigenvalue weighted by atomic mass is 16.5. The minimum absolute atomic E-state index is 0.0166. The first-order valence-electron chi connectivity index (χ1n) is 6.97. The van der Waals surface area contributed by atoms with Crippen LogP contribution < -0.4 is 15.8 Å². The third kappa shape index (κ3) is 6.99. The Morgan fingerprint density at radius 1 is 1.40 bits per heavy atom. The van der Waals surface area contributed by atoms with Crippen LogP contribution in [-0.2, 0) is 4.79 Å². The van der Waals surface area contributed by atoms with Crippen molar-refractivity contribution in [1.29, 1.82) is 0 Å². The first kappa shape index (κ1) is 16.3. The van der Waals surface area contributed by atoms with E-state index in [-0.39, 0.29) is 12.5 Å². The maximum Gasteiger partial charge on any atom is 0.223 e. The maximum absolute atomic E-state index is 11.5. The smallest absolute Gasteiger partial charge is 0.223 e. The summed E-state index contributed by atoms with van der Waals surface area (Å²) in [7, 11) is 0. The maximum atomic E-state index is 11.5. The normalized spacial score (nSPS) is 11.9. The second-order valence-corrected chi connectivity index (χ2v) is 4.95. The van der Waals surface area contributed by atoms with Crippen molar-refractivity contribution in [3.05, 3.63) is 24.3 Å². The largest absolute Gasteiger partial charge is 0.493 e. The fourth-order valence-electron chi connectivity index (χ4n) is 1.68. The number of nitrogen functional groups attached to an aromatic ring is 1. The molecule has 0 radical (unpaired) electrons. The summed E-state index contributed by atoms with van der Waals surface area (Å²) < 4.78 is 5.44. The Hall–Kier alpha value is -1.75. The number of carbonyl (C=O) groups is 1. The number of hydrogen-bond donors (Lipinski definition) is 3. The van der Waals surface area contributed by atoms with Crippen molar-refractivity contribution in [2.45, 2.75) is 26.2 Å². The van der Waals surface area contributed by atoms with Crippen molar-refractivity contribution in [2.75, 3.05) is 25.5 Å². The molecule has 0 fully saturated rings. The fraction of sp³-hybridized carbons (Fsp3) is 0.533. The molecule has 1 rings (SSSR count). The number of rotatable bonds is 9. The van der Waals surface area contributed by atoms with Crippen LogP contribution in [0.2, 0.25) is 0 Å². The lowest BCUT2D eigenvalue weighted by Crippen LogP contribution is -2.26. The lowest BCUT2D eigenvalue weighted by Gasteiger charge is -2.09. The van der Waals surface area contributed by atoms with Gasteiger partial charge >= 0.3 is 0 Å². The summed E-state index contributed by atoms with van der Waals surface area (Å²) in [4.78, 5) is 11.5. The molecular formula is C15H24N2O3. The number of benzene rings is 1. The van der Waals surface area contributed by atoms with Crippen LogP contribution in [0.25, 0.3) is 0 Å². The van der Waals surface area contributed by atoms with Crippen LogP contribution in [-0.4, -0.2) is 30.8 Å². The van der Waals surface area contributed by atoms with Crippen molar-refractivity contribution < 1.29 is 14.6 Å². The topological polar surface area (TPSA) is 84.6 Å². The van der Waals surface area contributed by atoms with Gasteiger partial charge in [-0.25, -0.2) is 0 Å². The number of nitrogens with one attached hydrogen (secondary N) is 1. The molecule has 0 aromatic heterocycles. The molecular weight excluding hydrogens is 256 g/mol. The van der Waals surface area contributed by atoms with Gasteiger partial charge in [-0.2, -0.15) is 0 Å². The van der Waals surface area contributed by atoms with Crippen LogP contribution in [0.15, 0.2) is 24.3 Å². The predicted molar refractivity (Wildman–Crippen MR) is 79.5 cm³/mol. The van der Waals surface area contributed by atoms with E-state index in [0.29, 0.717) is 36.9 Å². The van der Waals surface area contributed by atoms with Gasteiger partial charge in [-0.15, -0.1) is 0 Å². The molecule has 0 aliphatic heterocycles. The number of ether oxygens (including phenoxy) is 1. The second-order valence-electron chi connectivity index (χ2n) is 4.95. The van der Waals surface area contributed by atoms with Gasteiger partial charge in [0.25, 0.3) is 0 Å². The molecule has 0 aliphatic rings. The highest BCUT2D eigenvalue weighted by molar-refractivity contribution is 5.75. The molecule has 1 amide bonds. The van der Waals surface area contributed by atoms with Gasteiger partial charge in [0.05, 0.1) is 13.0 Å². The summed E-state index contributed by atoms with van der Waals surface area (Å²) in [6, 6.07) is 7.09. The van der Waals surface area contributed by atoms with Gasteiger partial charge in [-0.05, 0) is 43.0 Å². The van der Waals surface area contributed by atoms with E-state index in [2.05, 4.69) is 5.32 Å². The van der Waals surface area contributed by atoms with Gasteiger partial charge in [0.2, 0.25) is 5.91 Å². The van der Waals surface area contributed by atoms with Crippen molar-refractivity contribution in [2.24, 2.45) is 5.92 Å². The van der Waals surface area contributed by atoms with E-state index in [1.165, 1.54) is 0 Å². The molecule has 1 atom stereocenters. The molecule has 5 heteroatoms. The molecule has 0 aliphatic carbocycles. The summed E-state index contributed by atoms with van der Waals surface area (Å²) in [6.07, 6.45) is 2.13. The van der Waals surface area contributed by atoms with E-state index in [4.69, 9.17) is 15.6 Å². The first-order valence-corrected chi connectivity index (χ1v) is 6.97. The fourth-order valence-corrected chi connectivity index (χ4v) is 1.68. The van der Waals surface area contributed by atoms with Crippen LogP contribution in [0.3, 0.4) is 0 Å². The van der Waals surface area contributed by atoms with Crippen LogP contribution in [0.4, 0.5) is 5.69 Å². The number of anilines is 1. The summed E-state index contributed by atoms with van der Waals surface area (Å²) in [5, 5.41) is 11.7. The molecule has 1 unspecified atom stereocenters. The van der Waals surface area contributed by atoms with Gasteiger partial charge in [0.15, 0.2) is 0 Å². The highest BCUT2D eigenvalue weighted by Crippen LogP contribution is 2.13. The highest BCUT2D eigenvalue weighted by Gasteiger charge is 2.03. The number of amides is 1. The number of aliphatic hydroxyl groups is 1. The minimum atomic E-state index is -0.0166. The van der Waals surface area contributed by atoms with Crippen molar-refractivity contribution >= 4 is 11.6 Å². The molecule has 112 valence electrons. The number of aliphatic hydroxyl groups excluding tert-OH is 1. The van der Waals surface area contributed by atoms with E-state index in [1.807, 2.05) is 6.92 Å². The van der Waals surface area contributed by atoms with Crippen molar-refractivity contribution in [3.8, 4) is 5.75 Å². The van der Waals surface area contributed by atoms with E-state index >= 15 is 0 Å². The Morgan fingerprint density at radius 2 is 2.10 bits per heavy atom. The van der Waals surface area contributed by atoms with E-state index in [0.717, 1.165) is 12.8 Å². The number of carbonyl (C=O) groups excluding carboxylic acids is 1. The van der Waals surface area contributed by atoms with Crippen LogP contribution >= 0.6 is 0 Å². The molecule has 0 saturated heterocycles. The van der Waals surface area contributed by atoms with E-state index in [9.17, 15) is 4.79 Å². The molecule has 0 heterocycles. The Morgan fingerprint density at radius 3 is 2.75 bits per heavy atom. The molecule has 0 saturated carbocycles. The Bertz CT molecular complexity index is 393. The summed E-state index contributed by atoms with van der Waals surface area (Å²) in [6.45, 7) is 3.18. The zero-order valence-electron chi connectivity index (χ0n) is 12.0. The molecule has 1 aromatic carbocycles. The summed E-state index contributed by atoms with van der Waals surface area (Å²) >= 11 is 0. The van der Waals surface area contributed by atoms with Gasteiger partial charge in [-0.1, -0.05) is 6.92 Å². The van der Waals surface area contributed by atoms with Crippen molar-refractivity contribution in [1.82, 2.24) is 5.32 Å². The SMILES string of the molecule is CC(CO)CCCNC(=O)CCOc1ccc(N)cc1. The number of nitrogens with two attached hydrogens (primary N) is 1. The summed E-state index contributed by atoms with van der Waals surface area (Å²) in [5.74, 6) is 0.988. The van der Waals surface area contributed by atoms with Crippen LogP contribution in [0.5, 0.6) is 5.75 Å². The van der Waals surface area contributed by atoms with E-state index < -0.39 is 0 Å². The molecule has 1 aromatic rings. The van der Waals surface area contributed by atoms with Crippen LogP contribution in [0.1, 0.15) is 26.2 Å². The van der Waals surface area contributed by atoms with E-state index in [1.54, 1.807) is 24.3 Å². The summed E-state index contributed by atoms with van der Waals surface area (Å²) in [5.41, 5.74) is 6.25. The molecule has 0 spiro atoms. The van der Waals surface area contributed by atoms with Gasteiger partial charge in [0.1, 0.15) is 5.75 Å². The molecule has 0 bridgehead atoms. The standard InChI is InChI=1S/C15H24N2O3/c1-12(11-18)3-2-9-17-15(19)8-10-20-14-6-4-13(16)5-7-14/h4-7,12,18H,2-3,8-11,16H2,1H3,(H,17,19). The van der Waals surface area contributed by atoms with Gasteiger partial charge in [-0.3, -0.25) is 4.79 Å². The third-order valence-electron chi connectivity index (χ3n) is 2.99. The second kappa shape index (κ2) is 9.20. The average Bonchev–Trinajstić information content (AvgIpc) is 2.45. The Balaban J connectivity index is 2.07. The zero-order valence-corrected chi connectivity index (χ0v) is 12.0. The lowest BCUT2D eigenvalue weighted by molar-refractivity contribution is -0.121. The average molecular weight is 280 g/mol. The monoisotopic (exact) mass is 280 g/mol. The third-order valence-corrected chi connectivity index (χ3v) is 2.99. The lowest BCUT2D eigenvalue weighted by atomic mass is 10.1. The first-order chi connectivity index (χ1) is 9.61. The zero-order chi connectivity index (χ0) is 14.8. The molecule has 4 N–H and O–H groups in total. The quantitative estimate of drug-likeness (QED) is 0.473. The van der Waals surface area contributed by atoms with Gasteiger partial charge in [0, 0.05) is 18.8 Å². The number of hydrogen-bond acceptors (Lipinski definition) is 4. The minimum Gasteiger partial charge on any atom is -0.493 e. The van der Waals surface area contributed by atoms with Crippen LogP contribution in [0, 0.1) is 5.92 Å².